The zero-order chi connectivity index (χ0) is 17.9. The van der Waals surface area contributed by atoms with Crippen molar-refractivity contribution < 1.29 is 14.3 Å². The second-order valence-electron chi connectivity index (χ2n) is 5.65. The van der Waals surface area contributed by atoms with Crippen molar-refractivity contribution in [2.75, 3.05) is 19.0 Å². The van der Waals surface area contributed by atoms with Gasteiger partial charge in [-0.05, 0) is 42.3 Å². The molecule has 2 rings (SSSR count). The van der Waals surface area contributed by atoms with Crippen molar-refractivity contribution in [3.8, 4) is 11.5 Å². The first-order chi connectivity index (χ1) is 12.2. The summed E-state index contributed by atoms with van der Waals surface area (Å²) in [5.74, 6) is 1.22. The Morgan fingerprint density at radius 3 is 2.60 bits per heavy atom. The van der Waals surface area contributed by atoms with E-state index in [-0.39, 0.29) is 5.91 Å². The molecule has 1 N–H and O–H groups in total. The molecule has 4 nitrogen and oxygen atoms in total. The van der Waals surface area contributed by atoms with Crippen LogP contribution in [0.5, 0.6) is 11.5 Å². The van der Waals surface area contributed by atoms with E-state index in [9.17, 15) is 4.79 Å². The first-order valence-corrected chi connectivity index (χ1v) is 8.58. The van der Waals surface area contributed by atoms with E-state index in [0.29, 0.717) is 12.4 Å². The van der Waals surface area contributed by atoms with Crippen LogP contribution in [0.15, 0.2) is 54.6 Å². The van der Waals surface area contributed by atoms with Crippen LogP contribution in [0, 0.1) is 0 Å². The SMILES string of the molecule is CCCCCOc1ccc(/C=C/C(=O)Nc2ccccc2)cc1OC. The van der Waals surface area contributed by atoms with E-state index in [1.54, 1.807) is 13.2 Å². The predicted octanol–water partition coefficient (Wildman–Crippen LogP) is 4.92. The largest absolute Gasteiger partial charge is 0.493 e. The van der Waals surface area contributed by atoms with Crippen molar-refractivity contribution in [2.45, 2.75) is 26.2 Å². The fourth-order valence-electron chi connectivity index (χ4n) is 2.32. The highest BCUT2D eigenvalue weighted by Gasteiger charge is 2.05. The number of carbonyl (C=O) groups excluding carboxylic acids is 1. The summed E-state index contributed by atoms with van der Waals surface area (Å²) >= 11 is 0. The third-order valence-corrected chi connectivity index (χ3v) is 3.66. The van der Waals surface area contributed by atoms with E-state index in [4.69, 9.17) is 9.47 Å². The van der Waals surface area contributed by atoms with Gasteiger partial charge in [-0.2, -0.15) is 0 Å². The summed E-state index contributed by atoms with van der Waals surface area (Å²) in [7, 11) is 1.61. The highest BCUT2D eigenvalue weighted by atomic mass is 16.5. The first kappa shape index (κ1) is 18.6. The van der Waals surface area contributed by atoms with Gasteiger partial charge in [-0.25, -0.2) is 0 Å². The van der Waals surface area contributed by atoms with Crippen LogP contribution in [0.25, 0.3) is 6.08 Å². The molecule has 4 heteroatoms. The lowest BCUT2D eigenvalue weighted by atomic mass is 10.2. The molecule has 132 valence electrons. The van der Waals surface area contributed by atoms with Gasteiger partial charge in [-0.15, -0.1) is 0 Å². The molecule has 0 unspecified atom stereocenters. The summed E-state index contributed by atoms with van der Waals surface area (Å²) in [6.07, 6.45) is 6.60. The van der Waals surface area contributed by atoms with Gasteiger partial charge in [-0.3, -0.25) is 4.79 Å². The number of rotatable bonds is 9. The standard InChI is InChI=1S/C21H25NO3/c1-3-4-8-15-25-19-13-11-17(16-20(19)24-2)12-14-21(23)22-18-9-6-5-7-10-18/h5-7,9-14,16H,3-4,8,15H2,1-2H3,(H,22,23)/b14-12+. The van der Waals surface area contributed by atoms with Crippen LogP contribution < -0.4 is 14.8 Å². The molecule has 25 heavy (non-hydrogen) atoms. The van der Waals surface area contributed by atoms with E-state index in [0.717, 1.165) is 36.3 Å². The summed E-state index contributed by atoms with van der Waals surface area (Å²) in [5, 5.41) is 2.81. The first-order valence-electron chi connectivity index (χ1n) is 8.58. The van der Waals surface area contributed by atoms with Crippen molar-refractivity contribution in [3.63, 3.8) is 0 Å². The minimum atomic E-state index is -0.176. The molecule has 0 spiro atoms. The number of amides is 1. The van der Waals surface area contributed by atoms with Crippen molar-refractivity contribution >= 4 is 17.7 Å². The molecule has 0 aliphatic rings. The Balaban J connectivity index is 1.96. The third kappa shape index (κ3) is 6.34. The van der Waals surface area contributed by atoms with Crippen molar-refractivity contribution in [2.24, 2.45) is 0 Å². The predicted molar refractivity (Wildman–Crippen MR) is 102 cm³/mol. The maximum Gasteiger partial charge on any atom is 0.248 e. The molecule has 0 aromatic heterocycles. The molecular formula is C21H25NO3. The number of para-hydroxylation sites is 1. The van der Waals surface area contributed by atoms with Crippen LogP contribution in [-0.4, -0.2) is 19.6 Å². The maximum absolute atomic E-state index is 12.0. The van der Waals surface area contributed by atoms with Gasteiger partial charge in [0.15, 0.2) is 11.5 Å². The topological polar surface area (TPSA) is 47.6 Å². The molecular weight excluding hydrogens is 314 g/mol. The molecule has 2 aromatic rings. The molecule has 0 saturated heterocycles. The molecule has 0 saturated carbocycles. The summed E-state index contributed by atoms with van der Waals surface area (Å²) < 4.78 is 11.1. The lowest BCUT2D eigenvalue weighted by molar-refractivity contribution is -0.111. The number of hydrogen-bond acceptors (Lipinski definition) is 3. The van der Waals surface area contributed by atoms with Crippen molar-refractivity contribution in [3.05, 3.63) is 60.2 Å². The fourth-order valence-corrected chi connectivity index (χ4v) is 2.32. The van der Waals surface area contributed by atoms with E-state index in [1.807, 2.05) is 48.5 Å². The number of ether oxygens (including phenoxy) is 2. The van der Waals surface area contributed by atoms with Crippen LogP contribution >= 0.6 is 0 Å². The number of carbonyl (C=O) groups is 1. The Kier molecular flexibility index (Phi) is 7.57. The second-order valence-corrected chi connectivity index (χ2v) is 5.65. The van der Waals surface area contributed by atoms with Crippen molar-refractivity contribution in [1.29, 1.82) is 0 Å². The van der Waals surface area contributed by atoms with Gasteiger partial charge in [0.05, 0.1) is 13.7 Å². The van der Waals surface area contributed by atoms with Crippen LogP contribution in [0.1, 0.15) is 31.7 Å². The van der Waals surface area contributed by atoms with E-state index >= 15 is 0 Å². The number of methoxy groups -OCH3 is 1. The maximum atomic E-state index is 12.0. The Bertz CT molecular complexity index is 696. The van der Waals surface area contributed by atoms with Crippen LogP contribution in [0.3, 0.4) is 0 Å². The highest BCUT2D eigenvalue weighted by molar-refractivity contribution is 6.01. The molecule has 1 amide bonds. The zero-order valence-electron chi connectivity index (χ0n) is 14.8. The average molecular weight is 339 g/mol. The summed E-state index contributed by atoms with van der Waals surface area (Å²) in [5.41, 5.74) is 1.64. The van der Waals surface area contributed by atoms with Gasteiger partial charge < -0.3 is 14.8 Å². The van der Waals surface area contributed by atoms with Gasteiger partial charge in [-0.1, -0.05) is 44.0 Å². The van der Waals surface area contributed by atoms with E-state index < -0.39 is 0 Å². The Morgan fingerprint density at radius 2 is 1.88 bits per heavy atom. The number of benzene rings is 2. The Labute approximate surface area is 149 Å². The number of hydrogen-bond donors (Lipinski definition) is 1. The lowest BCUT2D eigenvalue weighted by Gasteiger charge is -2.11. The van der Waals surface area contributed by atoms with Crippen LogP contribution in [-0.2, 0) is 4.79 Å². The number of anilines is 1. The molecule has 0 radical (unpaired) electrons. The monoisotopic (exact) mass is 339 g/mol. The van der Waals surface area contributed by atoms with Gasteiger partial charge in [0.1, 0.15) is 0 Å². The molecule has 0 aliphatic heterocycles. The van der Waals surface area contributed by atoms with E-state index in [1.165, 1.54) is 6.08 Å². The third-order valence-electron chi connectivity index (χ3n) is 3.66. The molecule has 0 bridgehead atoms. The fraction of sp³-hybridized carbons (Fsp3) is 0.286. The average Bonchev–Trinajstić information content (AvgIpc) is 2.65. The van der Waals surface area contributed by atoms with Crippen LogP contribution in [0.4, 0.5) is 5.69 Å². The Morgan fingerprint density at radius 1 is 1.08 bits per heavy atom. The quantitative estimate of drug-likeness (QED) is 0.521. The van der Waals surface area contributed by atoms with Gasteiger partial charge >= 0.3 is 0 Å². The summed E-state index contributed by atoms with van der Waals surface area (Å²) in [6, 6.07) is 15.0. The summed E-state index contributed by atoms with van der Waals surface area (Å²) in [6.45, 7) is 2.84. The van der Waals surface area contributed by atoms with Gasteiger partial charge in [0, 0.05) is 11.8 Å². The van der Waals surface area contributed by atoms with E-state index in [2.05, 4.69) is 12.2 Å². The molecule has 0 heterocycles. The normalized spacial score (nSPS) is 10.6. The molecule has 0 atom stereocenters. The number of nitrogens with one attached hydrogen (secondary N) is 1. The van der Waals surface area contributed by atoms with Gasteiger partial charge in [0.25, 0.3) is 0 Å². The Hall–Kier alpha value is -2.75. The zero-order valence-corrected chi connectivity index (χ0v) is 14.8. The van der Waals surface area contributed by atoms with Crippen molar-refractivity contribution in [1.82, 2.24) is 0 Å². The number of unbranched alkanes of at least 4 members (excludes halogenated alkanes) is 2. The summed E-state index contributed by atoms with van der Waals surface area (Å²) in [4.78, 5) is 12.0. The highest BCUT2D eigenvalue weighted by Crippen LogP contribution is 2.28. The second kappa shape index (κ2) is 10.2. The lowest BCUT2D eigenvalue weighted by Crippen LogP contribution is -2.07. The minimum Gasteiger partial charge on any atom is -0.493 e. The van der Waals surface area contributed by atoms with Crippen LogP contribution in [0.2, 0.25) is 0 Å². The molecule has 0 fully saturated rings. The minimum absolute atomic E-state index is 0.176. The molecule has 0 aliphatic carbocycles. The molecule has 2 aromatic carbocycles. The van der Waals surface area contributed by atoms with Gasteiger partial charge in [0.2, 0.25) is 5.91 Å². The smallest absolute Gasteiger partial charge is 0.248 e.